The van der Waals surface area contributed by atoms with Crippen LogP contribution in [0.25, 0.3) is 0 Å². The number of benzene rings is 1. The van der Waals surface area contributed by atoms with Crippen molar-refractivity contribution in [3.8, 4) is 0 Å². The van der Waals surface area contributed by atoms with Gasteiger partial charge in [-0.3, -0.25) is 0 Å². The molecular formula is C11H14OS. The molecule has 0 amide bonds. The Morgan fingerprint density at radius 2 is 1.92 bits per heavy atom. The summed E-state index contributed by atoms with van der Waals surface area (Å²) >= 11 is 1.72. The molecule has 0 bridgehead atoms. The Kier molecular flexibility index (Phi) is 3.55. The van der Waals surface area contributed by atoms with Crippen molar-refractivity contribution >= 4 is 18.0 Å². The number of rotatable bonds is 4. The van der Waals surface area contributed by atoms with Crippen molar-refractivity contribution in [3.05, 3.63) is 30.3 Å². The van der Waals surface area contributed by atoms with Crippen molar-refractivity contribution in [2.45, 2.75) is 18.7 Å². The van der Waals surface area contributed by atoms with E-state index in [0.717, 1.165) is 12.0 Å². The lowest BCUT2D eigenvalue weighted by Crippen LogP contribution is -2.15. The van der Waals surface area contributed by atoms with E-state index in [4.69, 9.17) is 0 Å². The van der Waals surface area contributed by atoms with Crippen LogP contribution in [0.15, 0.2) is 35.2 Å². The zero-order valence-electron chi connectivity index (χ0n) is 7.99. The monoisotopic (exact) mass is 194 g/mol. The van der Waals surface area contributed by atoms with Crippen LogP contribution in [-0.2, 0) is 4.79 Å². The first kappa shape index (κ1) is 10.3. The Labute approximate surface area is 83.5 Å². The summed E-state index contributed by atoms with van der Waals surface area (Å²) in [5.74, 6) is 0.834. The molecule has 1 aromatic carbocycles. The van der Waals surface area contributed by atoms with Crippen LogP contribution in [0, 0.1) is 5.41 Å². The largest absolute Gasteiger partial charge is 0.303 e. The maximum absolute atomic E-state index is 10.6. The van der Waals surface area contributed by atoms with Gasteiger partial charge in [0.15, 0.2) is 0 Å². The average molecular weight is 194 g/mol. The lowest BCUT2D eigenvalue weighted by Gasteiger charge is -2.15. The summed E-state index contributed by atoms with van der Waals surface area (Å²) in [5.41, 5.74) is -0.222. The number of hydrogen-bond donors (Lipinski definition) is 0. The van der Waals surface area contributed by atoms with E-state index in [2.05, 4.69) is 12.1 Å². The fourth-order valence-electron chi connectivity index (χ4n) is 0.820. The normalized spacial score (nSPS) is 11.2. The van der Waals surface area contributed by atoms with Gasteiger partial charge in [0.1, 0.15) is 6.29 Å². The second-order valence-corrected chi connectivity index (χ2v) is 4.76. The smallest absolute Gasteiger partial charge is 0.126 e. The molecule has 1 aromatic rings. The Morgan fingerprint density at radius 1 is 1.31 bits per heavy atom. The van der Waals surface area contributed by atoms with Crippen molar-refractivity contribution < 1.29 is 4.79 Å². The highest BCUT2D eigenvalue weighted by Crippen LogP contribution is 2.25. The van der Waals surface area contributed by atoms with Crippen molar-refractivity contribution in [2.24, 2.45) is 5.41 Å². The van der Waals surface area contributed by atoms with Gasteiger partial charge in [-0.1, -0.05) is 32.0 Å². The summed E-state index contributed by atoms with van der Waals surface area (Å²) in [5, 5.41) is 0. The molecule has 13 heavy (non-hydrogen) atoms. The van der Waals surface area contributed by atoms with E-state index in [9.17, 15) is 4.79 Å². The Bertz CT molecular complexity index is 267. The van der Waals surface area contributed by atoms with Crippen molar-refractivity contribution in [3.63, 3.8) is 0 Å². The fraction of sp³-hybridized carbons (Fsp3) is 0.364. The van der Waals surface area contributed by atoms with E-state index >= 15 is 0 Å². The van der Waals surface area contributed by atoms with Gasteiger partial charge in [0.2, 0.25) is 0 Å². The second-order valence-electron chi connectivity index (χ2n) is 3.71. The zero-order valence-corrected chi connectivity index (χ0v) is 8.80. The molecule has 0 aliphatic carbocycles. The predicted octanol–water partition coefficient (Wildman–Crippen LogP) is 3.00. The van der Waals surface area contributed by atoms with Crippen molar-refractivity contribution in [1.29, 1.82) is 0 Å². The van der Waals surface area contributed by atoms with E-state index in [1.807, 2.05) is 32.0 Å². The van der Waals surface area contributed by atoms with Crippen LogP contribution in [0.4, 0.5) is 0 Å². The maximum atomic E-state index is 10.6. The third kappa shape index (κ3) is 3.64. The molecule has 0 aromatic heterocycles. The number of thioether (sulfide) groups is 1. The van der Waals surface area contributed by atoms with E-state index in [1.54, 1.807) is 11.8 Å². The summed E-state index contributed by atoms with van der Waals surface area (Å²) in [4.78, 5) is 11.9. The first-order chi connectivity index (χ1) is 6.14. The first-order valence-electron chi connectivity index (χ1n) is 4.28. The van der Waals surface area contributed by atoms with E-state index < -0.39 is 0 Å². The number of carbonyl (C=O) groups excluding carboxylic acids is 1. The molecule has 2 heteroatoms. The highest BCUT2D eigenvalue weighted by Gasteiger charge is 2.16. The maximum Gasteiger partial charge on any atom is 0.126 e. The molecule has 0 radical (unpaired) electrons. The quantitative estimate of drug-likeness (QED) is 0.541. The second kappa shape index (κ2) is 4.47. The lowest BCUT2D eigenvalue weighted by molar-refractivity contribution is -0.113. The molecule has 0 atom stereocenters. The van der Waals surface area contributed by atoms with Crippen LogP contribution in [0.1, 0.15) is 13.8 Å². The predicted molar refractivity (Wildman–Crippen MR) is 57.0 cm³/mol. The van der Waals surface area contributed by atoms with Gasteiger partial charge < -0.3 is 4.79 Å². The molecule has 0 saturated carbocycles. The Hall–Kier alpha value is -0.760. The SMILES string of the molecule is CC(C)(C=O)CSc1ccccc1. The molecule has 70 valence electrons. The standard InChI is InChI=1S/C11H14OS/c1-11(2,8-12)9-13-10-6-4-3-5-7-10/h3-8H,9H2,1-2H3. The van der Waals surface area contributed by atoms with Crippen molar-refractivity contribution in [2.75, 3.05) is 5.75 Å². The highest BCUT2D eigenvalue weighted by molar-refractivity contribution is 7.99. The molecule has 0 spiro atoms. The van der Waals surface area contributed by atoms with E-state index in [-0.39, 0.29) is 5.41 Å². The van der Waals surface area contributed by atoms with Gasteiger partial charge in [-0.2, -0.15) is 0 Å². The average Bonchev–Trinajstić information content (AvgIpc) is 2.17. The molecule has 0 saturated heterocycles. The fourth-order valence-corrected chi connectivity index (χ4v) is 1.78. The van der Waals surface area contributed by atoms with Gasteiger partial charge in [0, 0.05) is 16.1 Å². The van der Waals surface area contributed by atoms with Crippen LogP contribution >= 0.6 is 11.8 Å². The summed E-state index contributed by atoms with van der Waals surface area (Å²) in [6.45, 7) is 3.91. The van der Waals surface area contributed by atoms with Gasteiger partial charge in [-0.05, 0) is 12.1 Å². The van der Waals surface area contributed by atoms with Crippen LogP contribution in [0.2, 0.25) is 0 Å². The third-order valence-electron chi connectivity index (χ3n) is 1.67. The Balaban J connectivity index is 2.48. The topological polar surface area (TPSA) is 17.1 Å². The third-order valence-corrected chi connectivity index (χ3v) is 3.17. The van der Waals surface area contributed by atoms with Gasteiger partial charge in [-0.15, -0.1) is 11.8 Å². The van der Waals surface area contributed by atoms with Crippen molar-refractivity contribution in [1.82, 2.24) is 0 Å². The molecule has 0 aliphatic rings. The van der Waals surface area contributed by atoms with Gasteiger partial charge in [0.25, 0.3) is 0 Å². The van der Waals surface area contributed by atoms with Crippen LogP contribution in [-0.4, -0.2) is 12.0 Å². The summed E-state index contributed by atoms with van der Waals surface area (Å²) in [6, 6.07) is 10.1. The first-order valence-corrected chi connectivity index (χ1v) is 5.27. The molecule has 0 fully saturated rings. The van der Waals surface area contributed by atoms with Crippen LogP contribution < -0.4 is 0 Å². The Morgan fingerprint density at radius 3 is 2.46 bits per heavy atom. The van der Waals surface area contributed by atoms with E-state index in [0.29, 0.717) is 0 Å². The summed E-state index contributed by atoms with van der Waals surface area (Å²) in [6.07, 6.45) is 1.02. The lowest BCUT2D eigenvalue weighted by atomic mass is 10.00. The van der Waals surface area contributed by atoms with E-state index in [1.165, 1.54) is 4.90 Å². The number of hydrogen-bond acceptors (Lipinski definition) is 2. The molecule has 1 nitrogen and oxygen atoms in total. The van der Waals surface area contributed by atoms with Gasteiger partial charge in [0.05, 0.1) is 0 Å². The number of aldehydes is 1. The minimum absolute atomic E-state index is 0.222. The molecule has 0 heterocycles. The van der Waals surface area contributed by atoms with Crippen LogP contribution in [0.3, 0.4) is 0 Å². The molecule has 0 aliphatic heterocycles. The molecule has 1 rings (SSSR count). The highest BCUT2D eigenvalue weighted by atomic mass is 32.2. The van der Waals surface area contributed by atoms with Gasteiger partial charge in [-0.25, -0.2) is 0 Å². The molecule has 0 unspecified atom stereocenters. The molecular weight excluding hydrogens is 180 g/mol. The molecule has 0 N–H and O–H groups in total. The summed E-state index contributed by atoms with van der Waals surface area (Å²) < 4.78 is 0. The zero-order chi connectivity index (χ0) is 9.73. The summed E-state index contributed by atoms with van der Waals surface area (Å²) in [7, 11) is 0. The van der Waals surface area contributed by atoms with Gasteiger partial charge >= 0.3 is 0 Å². The minimum atomic E-state index is -0.222. The van der Waals surface area contributed by atoms with Crippen LogP contribution in [0.5, 0.6) is 0 Å². The minimum Gasteiger partial charge on any atom is -0.303 e. The number of carbonyl (C=O) groups is 1.